The molecule has 11 heteroatoms. The number of anilines is 1. The van der Waals surface area contributed by atoms with E-state index < -0.39 is 28.5 Å². The fraction of sp³-hybridized carbons (Fsp3) is 0.316. The highest BCUT2D eigenvalue weighted by Crippen LogP contribution is 2.30. The van der Waals surface area contributed by atoms with Gasteiger partial charge in [0.05, 0.1) is 17.7 Å². The molecular weight excluding hydrogens is 681 g/mol. The molecule has 1 fully saturated rings. The number of rotatable bonds is 13. The third kappa shape index (κ3) is 9.15. The van der Waals surface area contributed by atoms with E-state index in [0.717, 1.165) is 47.5 Å². The Morgan fingerprint density at radius 2 is 1.53 bits per heavy atom. The average molecular weight is 723 g/mol. The van der Waals surface area contributed by atoms with E-state index >= 15 is 0 Å². The van der Waals surface area contributed by atoms with Gasteiger partial charge in [-0.3, -0.25) is 13.9 Å². The quantitative estimate of drug-likeness (QED) is 0.154. The second-order valence-electron chi connectivity index (χ2n) is 12.3. The Balaban J connectivity index is 1.60. The molecule has 49 heavy (non-hydrogen) atoms. The van der Waals surface area contributed by atoms with Crippen molar-refractivity contribution in [1.82, 2.24) is 10.2 Å². The molecule has 0 saturated heterocycles. The van der Waals surface area contributed by atoms with E-state index in [9.17, 15) is 18.0 Å². The average Bonchev–Trinajstić information content (AvgIpc) is 3.10. The fourth-order valence-electron chi connectivity index (χ4n) is 6.08. The standard InChI is InChI=1S/C38H41Cl2N3O5S/c1-27-19-21-32(22-20-27)49(46,47)43(30-15-9-16-31(24-30)48-2)26-37(44)42(25-33-34(39)17-10-18-35(33)40)36(23-28-11-5-3-6-12-28)38(45)41-29-13-7-4-8-14-29/h3,5-6,9-12,15-22,24,29,36H,4,7-8,13-14,23,25-26H2,1-2H3,(H,41,45)/t36-/m1/s1. The highest BCUT2D eigenvalue weighted by Gasteiger charge is 2.36. The Bertz CT molecular complexity index is 1830. The highest BCUT2D eigenvalue weighted by atomic mass is 35.5. The maximum Gasteiger partial charge on any atom is 0.264 e. The van der Waals surface area contributed by atoms with Gasteiger partial charge >= 0.3 is 0 Å². The number of hydrogen-bond acceptors (Lipinski definition) is 5. The second kappa shape index (κ2) is 16.6. The SMILES string of the molecule is COc1cccc(N(CC(=O)N(Cc2c(Cl)cccc2Cl)[C@H](Cc2ccccc2)C(=O)NC2CCCCC2)S(=O)(=O)c2ccc(C)cc2)c1. The molecule has 4 aromatic carbocycles. The number of carbonyl (C=O) groups is 2. The summed E-state index contributed by atoms with van der Waals surface area (Å²) >= 11 is 13.3. The largest absolute Gasteiger partial charge is 0.497 e. The van der Waals surface area contributed by atoms with Crippen LogP contribution in [0, 0.1) is 6.92 Å². The van der Waals surface area contributed by atoms with Crippen molar-refractivity contribution in [3.8, 4) is 5.75 Å². The minimum absolute atomic E-state index is 0.0180. The number of sulfonamides is 1. The Morgan fingerprint density at radius 1 is 0.878 bits per heavy atom. The molecule has 1 N–H and O–H groups in total. The molecule has 1 atom stereocenters. The molecule has 2 amide bonds. The Hall–Kier alpha value is -4.05. The summed E-state index contributed by atoms with van der Waals surface area (Å²) in [5.41, 5.74) is 2.41. The normalized spacial score (nSPS) is 14.1. The van der Waals surface area contributed by atoms with Gasteiger partial charge in [-0.05, 0) is 61.7 Å². The fourth-order valence-corrected chi connectivity index (χ4v) is 8.01. The van der Waals surface area contributed by atoms with Crippen LogP contribution in [-0.2, 0) is 32.6 Å². The first kappa shape index (κ1) is 36.2. The van der Waals surface area contributed by atoms with E-state index in [1.807, 2.05) is 37.3 Å². The predicted molar refractivity (Wildman–Crippen MR) is 195 cm³/mol. The Kier molecular flexibility index (Phi) is 12.3. The monoisotopic (exact) mass is 721 g/mol. The van der Waals surface area contributed by atoms with E-state index in [2.05, 4.69) is 5.32 Å². The molecule has 0 aromatic heterocycles. The zero-order valence-corrected chi connectivity index (χ0v) is 30.0. The molecule has 0 unspecified atom stereocenters. The smallest absolute Gasteiger partial charge is 0.264 e. The number of aryl methyl sites for hydroxylation is 1. The summed E-state index contributed by atoms with van der Waals surface area (Å²) in [6.07, 6.45) is 5.04. The van der Waals surface area contributed by atoms with Gasteiger partial charge in [0.15, 0.2) is 0 Å². The number of halogens is 2. The van der Waals surface area contributed by atoms with Crippen molar-refractivity contribution in [2.75, 3.05) is 18.0 Å². The molecule has 4 aromatic rings. The maximum absolute atomic E-state index is 14.8. The van der Waals surface area contributed by atoms with E-state index in [4.69, 9.17) is 27.9 Å². The lowest BCUT2D eigenvalue weighted by Crippen LogP contribution is -2.55. The van der Waals surface area contributed by atoms with Crippen LogP contribution < -0.4 is 14.4 Å². The number of benzene rings is 4. The van der Waals surface area contributed by atoms with Gasteiger partial charge in [-0.1, -0.05) is 103 Å². The van der Waals surface area contributed by atoms with Crippen LogP contribution in [0.1, 0.15) is 48.8 Å². The first-order valence-electron chi connectivity index (χ1n) is 16.4. The van der Waals surface area contributed by atoms with Gasteiger partial charge < -0.3 is 15.0 Å². The summed E-state index contributed by atoms with van der Waals surface area (Å²) in [6, 6.07) is 26.4. The zero-order chi connectivity index (χ0) is 35.0. The lowest BCUT2D eigenvalue weighted by atomic mass is 9.94. The molecule has 1 aliphatic carbocycles. The molecule has 5 rings (SSSR count). The number of methoxy groups -OCH3 is 1. The summed E-state index contributed by atoms with van der Waals surface area (Å²) in [7, 11) is -2.78. The molecule has 1 saturated carbocycles. The summed E-state index contributed by atoms with van der Waals surface area (Å²) in [6.45, 7) is 1.14. The van der Waals surface area contributed by atoms with E-state index in [-0.39, 0.29) is 35.5 Å². The third-order valence-electron chi connectivity index (χ3n) is 8.84. The van der Waals surface area contributed by atoms with Crippen molar-refractivity contribution < 1.29 is 22.7 Å². The molecule has 1 aliphatic rings. The summed E-state index contributed by atoms with van der Waals surface area (Å²) in [5.74, 6) is -0.501. The number of carbonyl (C=O) groups excluding carboxylic acids is 2. The van der Waals surface area contributed by atoms with Gasteiger partial charge in [-0.25, -0.2) is 8.42 Å². The number of nitrogens with zero attached hydrogens (tertiary/aromatic N) is 2. The zero-order valence-electron chi connectivity index (χ0n) is 27.6. The predicted octanol–water partition coefficient (Wildman–Crippen LogP) is 7.59. The molecule has 0 aliphatic heterocycles. The molecule has 0 radical (unpaired) electrons. The highest BCUT2D eigenvalue weighted by molar-refractivity contribution is 7.92. The summed E-state index contributed by atoms with van der Waals surface area (Å²) in [4.78, 5) is 30.5. The minimum atomic E-state index is -4.26. The Labute approximate surface area is 299 Å². The van der Waals surface area contributed by atoms with Gasteiger partial charge in [0.1, 0.15) is 18.3 Å². The summed E-state index contributed by atoms with van der Waals surface area (Å²) in [5, 5.41) is 3.86. The minimum Gasteiger partial charge on any atom is -0.497 e. The lowest BCUT2D eigenvalue weighted by molar-refractivity contribution is -0.140. The lowest BCUT2D eigenvalue weighted by Gasteiger charge is -2.35. The van der Waals surface area contributed by atoms with E-state index in [1.165, 1.54) is 24.1 Å². The molecule has 0 spiro atoms. The van der Waals surface area contributed by atoms with Crippen molar-refractivity contribution in [3.63, 3.8) is 0 Å². The van der Waals surface area contributed by atoms with Crippen molar-refractivity contribution in [1.29, 1.82) is 0 Å². The maximum atomic E-state index is 14.8. The number of hydrogen-bond donors (Lipinski definition) is 1. The van der Waals surface area contributed by atoms with Gasteiger partial charge in [-0.15, -0.1) is 0 Å². The number of ether oxygens (including phenoxy) is 1. The first-order chi connectivity index (χ1) is 23.6. The summed E-state index contributed by atoms with van der Waals surface area (Å²) < 4.78 is 35.1. The third-order valence-corrected chi connectivity index (χ3v) is 11.3. The second-order valence-corrected chi connectivity index (χ2v) is 15.0. The van der Waals surface area contributed by atoms with Crippen LogP contribution in [0.15, 0.2) is 102 Å². The van der Waals surface area contributed by atoms with Crippen LogP contribution in [0.25, 0.3) is 0 Å². The van der Waals surface area contributed by atoms with Crippen LogP contribution in [-0.4, -0.2) is 50.9 Å². The van der Waals surface area contributed by atoms with Gasteiger partial charge in [0, 0.05) is 40.7 Å². The van der Waals surface area contributed by atoms with Crippen LogP contribution in [0.4, 0.5) is 5.69 Å². The van der Waals surface area contributed by atoms with Crippen LogP contribution >= 0.6 is 23.2 Å². The Morgan fingerprint density at radius 3 is 2.18 bits per heavy atom. The van der Waals surface area contributed by atoms with Crippen LogP contribution in [0.2, 0.25) is 10.0 Å². The van der Waals surface area contributed by atoms with Crippen molar-refractivity contribution in [2.24, 2.45) is 0 Å². The van der Waals surface area contributed by atoms with Crippen LogP contribution in [0.5, 0.6) is 5.75 Å². The van der Waals surface area contributed by atoms with E-state index in [0.29, 0.717) is 21.4 Å². The van der Waals surface area contributed by atoms with E-state index in [1.54, 1.807) is 54.6 Å². The van der Waals surface area contributed by atoms with Crippen LogP contribution in [0.3, 0.4) is 0 Å². The molecule has 8 nitrogen and oxygen atoms in total. The number of nitrogens with one attached hydrogen (secondary N) is 1. The topological polar surface area (TPSA) is 96.0 Å². The van der Waals surface area contributed by atoms with Gasteiger partial charge in [0.2, 0.25) is 11.8 Å². The van der Waals surface area contributed by atoms with Gasteiger partial charge in [-0.2, -0.15) is 0 Å². The van der Waals surface area contributed by atoms with Crippen molar-refractivity contribution in [2.45, 2.75) is 69.0 Å². The molecule has 0 bridgehead atoms. The molecule has 258 valence electrons. The van der Waals surface area contributed by atoms with Crippen molar-refractivity contribution >= 4 is 50.7 Å². The van der Waals surface area contributed by atoms with Gasteiger partial charge in [0.25, 0.3) is 10.0 Å². The molecular formula is C38H41Cl2N3O5S. The molecule has 0 heterocycles. The van der Waals surface area contributed by atoms with Crippen molar-refractivity contribution in [3.05, 3.63) is 124 Å². The first-order valence-corrected chi connectivity index (χ1v) is 18.6. The number of amides is 2.